The SMILES string of the molecule is CCCCCc1nnc(NC(=O)c2cc(S(=O)(=O)N(CC)CC)ccc2Cl)s1. The van der Waals surface area contributed by atoms with Gasteiger partial charge in [0.05, 0.1) is 15.5 Å². The van der Waals surface area contributed by atoms with Crippen molar-refractivity contribution in [2.75, 3.05) is 18.4 Å². The van der Waals surface area contributed by atoms with E-state index in [4.69, 9.17) is 11.6 Å². The summed E-state index contributed by atoms with van der Waals surface area (Å²) in [5, 5.41) is 12.1. The molecule has 0 bridgehead atoms. The number of nitrogens with one attached hydrogen (secondary N) is 1. The average Bonchev–Trinajstić information content (AvgIpc) is 3.10. The smallest absolute Gasteiger partial charge is 0.259 e. The summed E-state index contributed by atoms with van der Waals surface area (Å²) in [6, 6.07) is 4.13. The molecule has 0 aliphatic rings. The largest absolute Gasteiger partial charge is 0.296 e. The molecule has 1 amide bonds. The maximum absolute atomic E-state index is 12.7. The second kappa shape index (κ2) is 10.3. The van der Waals surface area contributed by atoms with Crippen LogP contribution in [0, 0.1) is 0 Å². The zero-order valence-electron chi connectivity index (χ0n) is 16.2. The van der Waals surface area contributed by atoms with Crippen molar-refractivity contribution in [1.29, 1.82) is 0 Å². The molecule has 10 heteroatoms. The molecule has 0 saturated carbocycles. The molecule has 0 aliphatic heterocycles. The van der Waals surface area contributed by atoms with Crippen LogP contribution in [0.5, 0.6) is 0 Å². The molecule has 154 valence electrons. The van der Waals surface area contributed by atoms with Crippen molar-refractivity contribution in [2.24, 2.45) is 0 Å². The number of aryl methyl sites for hydroxylation is 1. The van der Waals surface area contributed by atoms with Gasteiger partial charge in [-0.25, -0.2) is 8.42 Å². The summed E-state index contributed by atoms with van der Waals surface area (Å²) < 4.78 is 26.7. The number of anilines is 1. The molecule has 0 unspecified atom stereocenters. The number of carbonyl (C=O) groups is 1. The number of aromatic nitrogens is 2. The van der Waals surface area contributed by atoms with Gasteiger partial charge in [-0.3, -0.25) is 10.1 Å². The minimum Gasteiger partial charge on any atom is -0.296 e. The third-order valence-electron chi connectivity index (χ3n) is 4.21. The van der Waals surface area contributed by atoms with E-state index < -0.39 is 15.9 Å². The second-order valence-electron chi connectivity index (χ2n) is 6.14. The van der Waals surface area contributed by atoms with E-state index in [1.807, 2.05) is 0 Å². The Morgan fingerprint density at radius 3 is 2.54 bits per heavy atom. The molecule has 0 saturated heterocycles. The fourth-order valence-electron chi connectivity index (χ4n) is 2.65. The number of benzene rings is 1. The van der Waals surface area contributed by atoms with Crippen LogP contribution in [-0.4, -0.2) is 41.9 Å². The summed E-state index contributed by atoms with van der Waals surface area (Å²) in [5.41, 5.74) is 0.0811. The molecule has 2 aromatic rings. The topological polar surface area (TPSA) is 92.3 Å². The zero-order valence-corrected chi connectivity index (χ0v) is 18.6. The van der Waals surface area contributed by atoms with Gasteiger partial charge in [0.1, 0.15) is 5.01 Å². The summed E-state index contributed by atoms with van der Waals surface area (Å²) in [7, 11) is -3.69. The van der Waals surface area contributed by atoms with Crippen LogP contribution in [0.1, 0.15) is 55.4 Å². The van der Waals surface area contributed by atoms with E-state index >= 15 is 0 Å². The van der Waals surface area contributed by atoms with Crippen molar-refractivity contribution in [2.45, 2.75) is 51.3 Å². The molecule has 1 aromatic heterocycles. The predicted molar refractivity (Wildman–Crippen MR) is 113 cm³/mol. The van der Waals surface area contributed by atoms with Gasteiger partial charge >= 0.3 is 0 Å². The fraction of sp³-hybridized carbons (Fsp3) is 0.500. The Morgan fingerprint density at radius 1 is 1.18 bits per heavy atom. The van der Waals surface area contributed by atoms with Crippen LogP contribution < -0.4 is 5.32 Å². The van der Waals surface area contributed by atoms with Crippen molar-refractivity contribution in [3.05, 3.63) is 33.8 Å². The number of unbranched alkanes of at least 4 members (excludes halogenated alkanes) is 2. The van der Waals surface area contributed by atoms with Crippen molar-refractivity contribution in [1.82, 2.24) is 14.5 Å². The molecule has 0 aliphatic carbocycles. The Labute approximate surface area is 175 Å². The first-order valence-electron chi connectivity index (χ1n) is 9.26. The highest BCUT2D eigenvalue weighted by Crippen LogP contribution is 2.25. The number of amides is 1. The first kappa shape index (κ1) is 22.7. The number of halogens is 1. The van der Waals surface area contributed by atoms with E-state index in [0.717, 1.165) is 30.7 Å². The number of nitrogens with zero attached hydrogens (tertiary/aromatic N) is 3. The first-order valence-corrected chi connectivity index (χ1v) is 11.9. The summed E-state index contributed by atoms with van der Waals surface area (Å²) in [6.07, 6.45) is 4.08. The second-order valence-corrected chi connectivity index (χ2v) is 9.55. The van der Waals surface area contributed by atoms with Crippen molar-refractivity contribution < 1.29 is 13.2 Å². The molecule has 1 aromatic carbocycles. The summed E-state index contributed by atoms with van der Waals surface area (Å²) >= 11 is 7.45. The van der Waals surface area contributed by atoms with E-state index in [0.29, 0.717) is 18.2 Å². The molecule has 2 rings (SSSR count). The molecule has 28 heavy (non-hydrogen) atoms. The summed E-state index contributed by atoms with van der Waals surface area (Å²) in [6.45, 7) is 6.34. The van der Waals surface area contributed by atoms with E-state index in [1.54, 1.807) is 13.8 Å². The van der Waals surface area contributed by atoms with E-state index in [2.05, 4.69) is 22.4 Å². The Morgan fingerprint density at radius 2 is 1.89 bits per heavy atom. The summed E-state index contributed by atoms with van der Waals surface area (Å²) in [4.78, 5) is 12.7. The molecule has 0 fully saturated rings. The molecule has 7 nitrogen and oxygen atoms in total. The van der Waals surface area contributed by atoms with Crippen LogP contribution in [0.25, 0.3) is 0 Å². The number of hydrogen-bond acceptors (Lipinski definition) is 6. The van der Waals surface area contributed by atoms with Gasteiger partial charge in [-0.15, -0.1) is 10.2 Å². The Kier molecular flexibility index (Phi) is 8.36. The highest BCUT2D eigenvalue weighted by Gasteiger charge is 2.24. The Balaban J connectivity index is 2.20. The summed E-state index contributed by atoms with van der Waals surface area (Å²) in [5.74, 6) is -0.516. The van der Waals surface area contributed by atoms with Gasteiger partial charge in [-0.1, -0.05) is 56.6 Å². The Hall–Kier alpha value is -1.55. The van der Waals surface area contributed by atoms with Crippen LogP contribution in [-0.2, 0) is 16.4 Å². The van der Waals surface area contributed by atoms with Crippen LogP contribution in [0.15, 0.2) is 23.1 Å². The minimum absolute atomic E-state index is 0.0308. The monoisotopic (exact) mass is 444 g/mol. The van der Waals surface area contributed by atoms with Gasteiger partial charge < -0.3 is 0 Å². The number of carbonyl (C=O) groups excluding carboxylic acids is 1. The zero-order chi connectivity index (χ0) is 20.7. The van der Waals surface area contributed by atoms with Gasteiger partial charge in [0, 0.05) is 19.5 Å². The van der Waals surface area contributed by atoms with Crippen LogP contribution in [0.4, 0.5) is 5.13 Å². The molecule has 0 radical (unpaired) electrons. The van der Waals surface area contributed by atoms with Gasteiger partial charge in [-0.05, 0) is 24.6 Å². The van der Waals surface area contributed by atoms with Crippen molar-refractivity contribution in [3.8, 4) is 0 Å². The maximum Gasteiger partial charge on any atom is 0.259 e. The number of sulfonamides is 1. The lowest BCUT2D eigenvalue weighted by Gasteiger charge is -2.19. The molecule has 0 atom stereocenters. The highest BCUT2D eigenvalue weighted by molar-refractivity contribution is 7.89. The minimum atomic E-state index is -3.69. The lowest BCUT2D eigenvalue weighted by molar-refractivity contribution is 0.102. The quantitative estimate of drug-likeness (QED) is 0.554. The van der Waals surface area contributed by atoms with Crippen molar-refractivity contribution >= 4 is 44.0 Å². The van der Waals surface area contributed by atoms with E-state index in [9.17, 15) is 13.2 Å². The van der Waals surface area contributed by atoms with E-state index in [-0.39, 0.29) is 15.5 Å². The number of rotatable bonds is 10. The third kappa shape index (κ3) is 5.50. The van der Waals surface area contributed by atoms with Crippen molar-refractivity contribution in [3.63, 3.8) is 0 Å². The molecule has 1 heterocycles. The molecule has 0 spiro atoms. The highest BCUT2D eigenvalue weighted by atomic mass is 35.5. The fourth-order valence-corrected chi connectivity index (χ4v) is 5.11. The Bertz CT molecular complexity index is 911. The lowest BCUT2D eigenvalue weighted by atomic mass is 10.2. The molecule has 1 N–H and O–H groups in total. The van der Waals surface area contributed by atoms with Gasteiger partial charge in [0.2, 0.25) is 15.2 Å². The first-order chi connectivity index (χ1) is 13.3. The normalized spacial score (nSPS) is 11.8. The molecular formula is C18H25ClN4O3S2. The lowest BCUT2D eigenvalue weighted by Crippen LogP contribution is -2.30. The standard InChI is InChI=1S/C18H25ClN4O3S2/c1-4-7-8-9-16-21-22-18(27-16)20-17(24)14-12-13(10-11-15(14)19)28(25,26)23(5-2)6-3/h10-12H,4-9H2,1-3H3,(H,20,22,24). The third-order valence-corrected chi connectivity index (χ3v) is 7.48. The predicted octanol–water partition coefficient (Wildman–Crippen LogP) is 4.21. The maximum atomic E-state index is 12.7. The van der Waals surface area contributed by atoms with Crippen LogP contribution in [0.2, 0.25) is 5.02 Å². The van der Waals surface area contributed by atoms with Crippen LogP contribution in [0.3, 0.4) is 0 Å². The number of hydrogen-bond donors (Lipinski definition) is 1. The average molecular weight is 445 g/mol. The van der Waals surface area contributed by atoms with Crippen LogP contribution >= 0.6 is 22.9 Å². The van der Waals surface area contributed by atoms with Gasteiger partial charge in [0.15, 0.2) is 0 Å². The van der Waals surface area contributed by atoms with Gasteiger partial charge in [0.25, 0.3) is 5.91 Å². The van der Waals surface area contributed by atoms with E-state index in [1.165, 1.54) is 33.8 Å². The van der Waals surface area contributed by atoms with Gasteiger partial charge in [-0.2, -0.15) is 4.31 Å². The molecular weight excluding hydrogens is 420 g/mol.